The number of thiophene rings is 1. The van der Waals surface area contributed by atoms with Crippen LogP contribution in [0.5, 0.6) is 5.75 Å². The number of ether oxygens (including phenoxy) is 1. The molecule has 0 bridgehead atoms. The Kier molecular flexibility index (Phi) is 6.75. The molecule has 4 nitrogen and oxygen atoms in total. The second-order valence-corrected chi connectivity index (χ2v) is 10.9. The standard InChI is InChI=1S/C27H18ClNO3S3/c1-16(18-7-3-2-4-8-18)29-25(30)22(35-27(29)33)15-17-11-13-19(14-12-17)32-26(31)24-23(28)20-9-5-6-10-21(20)34-24/h2-16H,1H3/b22-15-. The molecule has 8 heteroatoms. The summed E-state index contributed by atoms with van der Waals surface area (Å²) in [7, 11) is 0. The van der Waals surface area contributed by atoms with Crippen LogP contribution in [0.3, 0.4) is 0 Å². The van der Waals surface area contributed by atoms with Gasteiger partial charge in [-0.3, -0.25) is 9.69 Å². The Labute approximate surface area is 221 Å². The van der Waals surface area contributed by atoms with E-state index in [9.17, 15) is 9.59 Å². The molecular weight excluding hydrogens is 518 g/mol. The summed E-state index contributed by atoms with van der Waals surface area (Å²) in [6.45, 7) is 1.97. The number of carbonyl (C=O) groups excluding carboxylic acids is 2. The molecule has 1 aromatic heterocycles. The summed E-state index contributed by atoms with van der Waals surface area (Å²) in [5.74, 6) is -0.225. The summed E-state index contributed by atoms with van der Waals surface area (Å²) in [6, 6.07) is 24.2. The molecule has 1 unspecified atom stereocenters. The van der Waals surface area contributed by atoms with Crippen molar-refractivity contribution in [2.24, 2.45) is 0 Å². The van der Waals surface area contributed by atoms with Crippen molar-refractivity contribution in [3.8, 4) is 5.75 Å². The van der Waals surface area contributed by atoms with Crippen molar-refractivity contribution in [2.45, 2.75) is 13.0 Å². The van der Waals surface area contributed by atoms with Crippen molar-refractivity contribution in [3.63, 3.8) is 0 Å². The summed E-state index contributed by atoms with van der Waals surface area (Å²) in [5.41, 5.74) is 1.83. The summed E-state index contributed by atoms with van der Waals surface area (Å²) in [5, 5.41) is 1.24. The first-order chi connectivity index (χ1) is 16.9. The topological polar surface area (TPSA) is 46.6 Å². The van der Waals surface area contributed by atoms with Gasteiger partial charge < -0.3 is 4.74 Å². The molecule has 0 saturated carbocycles. The molecule has 0 aliphatic carbocycles. The molecule has 1 amide bonds. The number of rotatable bonds is 5. The minimum Gasteiger partial charge on any atom is -0.422 e. The van der Waals surface area contributed by atoms with E-state index >= 15 is 0 Å². The van der Waals surface area contributed by atoms with E-state index in [4.69, 9.17) is 28.6 Å². The van der Waals surface area contributed by atoms with Crippen molar-refractivity contribution >= 4 is 79.3 Å². The molecule has 174 valence electrons. The lowest BCUT2D eigenvalue weighted by atomic mass is 10.1. The number of fused-ring (bicyclic) bond motifs is 1. The van der Waals surface area contributed by atoms with Crippen LogP contribution >= 0.6 is 46.9 Å². The van der Waals surface area contributed by atoms with Gasteiger partial charge in [0.2, 0.25) is 0 Å². The average Bonchev–Trinajstić information content (AvgIpc) is 3.36. The van der Waals surface area contributed by atoms with Crippen LogP contribution in [0.2, 0.25) is 5.02 Å². The van der Waals surface area contributed by atoms with Gasteiger partial charge >= 0.3 is 5.97 Å². The number of amides is 1. The van der Waals surface area contributed by atoms with Gasteiger partial charge in [-0.15, -0.1) is 11.3 Å². The first-order valence-electron chi connectivity index (χ1n) is 10.7. The molecule has 1 saturated heterocycles. The highest BCUT2D eigenvalue weighted by Crippen LogP contribution is 2.38. The van der Waals surface area contributed by atoms with E-state index in [1.54, 1.807) is 35.2 Å². The minimum absolute atomic E-state index is 0.119. The molecule has 0 radical (unpaired) electrons. The van der Waals surface area contributed by atoms with E-state index in [0.29, 0.717) is 24.9 Å². The van der Waals surface area contributed by atoms with Crippen molar-refractivity contribution in [1.29, 1.82) is 0 Å². The number of hydrogen-bond donors (Lipinski definition) is 0. The summed E-state index contributed by atoms with van der Waals surface area (Å²) in [4.78, 5) is 28.3. The van der Waals surface area contributed by atoms with E-state index in [1.165, 1.54) is 23.1 Å². The van der Waals surface area contributed by atoms with Gasteiger partial charge in [-0.1, -0.05) is 96.2 Å². The zero-order chi connectivity index (χ0) is 24.5. The third-order valence-electron chi connectivity index (χ3n) is 5.60. The zero-order valence-corrected chi connectivity index (χ0v) is 21.6. The lowest BCUT2D eigenvalue weighted by Gasteiger charge is -2.23. The number of hydrogen-bond acceptors (Lipinski definition) is 6. The molecule has 35 heavy (non-hydrogen) atoms. The number of halogens is 1. The van der Waals surface area contributed by atoms with Gasteiger partial charge in [0.15, 0.2) is 0 Å². The van der Waals surface area contributed by atoms with Crippen LogP contribution in [0, 0.1) is 0 Å². The normalized spacial score (nSPS) is 15.7. The fraction of sp³-hybridized carbons (Fsp3) is 0.0741. The number of carbonyl (C=O) groups is 2. The van der Waals surface area contributed by atoms with Crippen LogP contribution in [0.15, 0.2) is 83.8 Å². The Morgan fingerprint density at radius 3 is 2.43 bits per heavy atom. The maximum Gasteiger partial charge on any atom is 0.355 e. The van der Waals surface area contributed by atoms with Gasteiger partial charge in [-0.25, -0.2) is 4.79 Å². The fourth-order valence-corrected chi connectivity index (χ4v) is 6.58. The van der Waals surface area contributed by atoms with Crippen molar-refractivity contribution in [1.82, 2.24) is 4.90 Å². The van der Waals surface area contributed by atoms with E-state index in [1.807, 2.05) is 61.5 Å². The second-order valence-electron chi connectivity index (χ2n) is 7.84. The Morgan fingerprint density at radius 1 is 1.03 bits per heavy atom. The predicted molar refractivity (Wildman–Crippen MR) is 148 cm³/mol. The van der Waals surface area contributed by atoms with Crippen molar-refractivity contribution < 1.29 is 14.3 Å². The monoisotopic (exact) mass is 535 g/mol. The maximum atomic E-state index is 13.1. The van der Waals surface area contributed by atoms with Crippen LogP contribution in [-0.4, -0.2) is 21.1 Å². The van der Waals surface area contributed by atoms with Crippen LogP contribution in [-0.2, 0) is 4.79 Å². The molecule has 1 fully saturated rings. The molecule has 1 aliphatic heterocycles. The predicted octanol–water partition coefficient (Wildman–Crippen LogP) is 7.74. The van der Waals surface area contributed by atoms with E-state index < -0.39 is 5.97 Å². The molecule has 5 rings (SSSR count). The van der Waals surface area contributed by atoms with Crippen molar-refractivity contribution in [2.75, 3.05) is 0 Å². The quantitative estimate of drug-likeness (QED) is 0.113. The Hall–Kier alpha value is -2.97. The van der Waals surface area contributed by atoms with Gasteiger partial charge in [0.25, 0.3) is 5.91 Å². The molecule has 1 aliphatic rings. The van der Waals surface area contributed by atoms with E-state index in [2.05, 4.69) is 0 Å². The molecule has 3 aromatic carbocycles. The highest BCUT2D eigenvalue weighted by molar-refractivity contribution is 8.26. The van der Waals surface area contributed by atoms with Crippen LogP contribution in [0.25, 0.3) is 16.2 Å². The highest BCUT2D eigenvalue weighted by atomic mass is 35.5. The Morgan fingerprint density at radius 2 is 1.71 bits per heavy atom. The van der Waals surface area contributed by atoms with Crippen molar-refractivity contribution in [3.05, 3.63) is 105 Å². The average molecular weight is 536 g/mol. The number of nitrogens with zero attached hydrogens (tertiary/aromatic N) is 1. The molecule has 1 atom stereocenters. The SMILES string of the molecule is CC(c1ccccc1)N1C(=O)/C(=C/c2ccc(OC(=O)c3sc4ccccc4c3Cl)cc2)SC1=S. The molecule has 4 aromatic rings. The van der Waals surface area contributed by atoms with Gasteiger partial charge in [-0.2, -0.15) is 0 Å². The first kappa shape index (κ1) is 23.8. The minimum atomic E-state index is -0.500. The lowest BCUT2D eigenvalue weighted by molar-refractivity contribution is -0.123. The fourth-order valence-electron chi connectivity index (χ4n) is 3.78. The van der Waals surface area contributed by atoms with Gasteiger partial charge in [0.05, 0.1) is 16.0 Å². The van der Waals surface area contributed by atoms with Crippen LogP contribution in [0.1, 0.15) is 33.8 Å². The molecule has 2 heterocycles. The molecular formula is C27H18ClNO3S3. The lowest BCUT2D eigenvalue weighted by Crippen LogP contribution is -2.30. The number of benzene rings is 3. The largest absolute Gasteiger partial charge is 0.422 e. The second kappa shape index (κ2) is 9.95. The number of thiocarbonyl (C=S) groups is 1. The van der Waals surface area contributed by atoms with Gasteiger partial charge in [-0.05, 0) is 42.3 Å². The van der Waals surface area contributed by atoms with E-state index in [-0.39, 0.29) is 11.9 Å². The molecule has 0 spiro atoms. The van der Waals surface area contributed by atoms with E-state index in [0.717, 1.165) is 21.2 Å². The Balaban J connectivity index is 1.30. The summed E-state index contributed by atoms with van der Waals surface area (Å²) < 4.78 is 7.00. The van der Waals surface area contributed by atoms with Gasteiger partial charge in [0, 0.05) is 10.1 Å². The maximum absolute atomic E-state index is 13.1. The van der Waals surface area contributed by atoms with Gasteiger partial charge in [0.1, 0.15) is 14.9 Å². The van der Waals surface area contributed by atoms with Crippen LogP contribution in [0.4, 0.5) is 0 Å². The van der Waals surface area contributed by atoms with Crippen LogP contribution < -0.4 is 4.74 Å². The number of esters is 1. The Bertz CT molecular complexity index is 1480. The molecule has 0 N–H and O–H groups in total. The summed E-state index contributed by atoms with van der Waals surface area (Å²) >= 11 is 14.5. The third-order valence-corrected chi connectivity index (χ3v) is 8.59. The zero-order valence-electron chi connectivity index (χ0n) is 18.4. The smallest absolute Gasteiger partial charge is 0.355 e. The highest BCUT2D eigenvalue weighted by Gasteiger charge is 2.35. The third kappa shape index (κ3) is 4.77. The number of thioether (sulfide) groups is 1. The summed E-state index contributed by atoms with van der Waals surface area (Å²) in [6.07, 6.45) is 1.80. The first-order valence-corrected chi connectivity index (χ1v) is 13.2.